The Labute approximate surface area is 172 Å². The van der Waals surface area contributed by atoms with Crippen LogP contribution < -0.4 is 15.4 Å². The van der Waals surface area contributed by atoms with Crippen LogP contribution in [0.1, 0.15) is 11.1 Å². The Morgan fingerprint density at radius 1 is 1.00 bits per heavy atom. The monoisotopic (exact) mass is 426 g/mol. The van der Waals surface area contributed by atoms with E-state index in [-0.39, 0.29) is 23.3 Å². The molecule has 0 fully saturated rings. The van der Waals surface area contributed by atoms with E-state index in [1.165, 1.54) is 18.9 Å². The molecule has 0 radical (unpaired) electrons. The highest BCUT2D eigenvalue weighted by Crippen LogP contribution is 2.31. The molecule has 0 bridgehead atoms. The summed E-state index contributed by atoms with van der Waals surface area (Å²) >= 11 is 13.3. The first kappa shape index (κ1) is 21.4. The smallest absolute Gasteiger partial charge is 0.234 e. The number of amides is 2. The van der Waals surface area contributed by atoms with Gasteiger partial charge in [-0.25, -0.2) is 0 Å². The summed E-state index contributed by atoms with van der Waals surface area (Å²) in [6.07, 6.45) is 0. The van der Waals surface area contributed by atoms with E-state index in [9.17, 15) is 9.59 Å². The van der Waals surface area contributed by atoms with Crippen molar-refractivity contribution >= 4 is 58.2 Å². The van der Waals surface area contributed by atoms with Crippen molar-refractivity contribution in [3.8, 4) is 5.75 Å². The van der Waals surface area contributed by atoms with Crippen LogP contribution in [0, 0.1) is 13.8 Å². The highest BCUT2D eigenvalue weighted by molar-refractivity contribution is 8.00. The van der Waals surface area contributed by atoms with Crippen LogP contribution in [0.4, 0.5) is 11.4 Å². The molecule has 0 atom stereocenters. The van der Waals surface area contributed by atoms with Crippen LogP contribution in [-0.4, -0.2) is 30.4 Å². The molecule has 2 N–H and O–H groups in total. The van der Waals surface area contributed by atoms with E-state index in [1.807, 2.05) is 13.8 Å². The van der Waals surface area contributed by atoms with Gasteiger partial charge >= 0.3 is 0 Å². The SMILES string of the molecule is COc1cc(Cl)c(C)cc1NC(=O)CSCC(=O)Nc1cccc(Cl)c1C. The third-order valence-corrected chi connectivity index (χ3v) is 5.51. The first-order valence-corrected chi connectivity index (χ1v) is 9.99. The predicted octanol–water partition coefficient (Wildman–Crippen LogP) is 4.93. The quantitative estimate of drug-likeness (QED) is 0.658. The summed E-state index contributed by atoms with van der Waals surface area (Å²) in [6, 6.07) is 8.72. The van der Waals surface area contributed by atoms with Crippen LogP contribution in [-0.2, 0) is 9.59 Å². The predicted molar refractivity (Wildman–Crippen MR) is 114 cm³/mol. The summed E-state index contributed by atoms with van der Waals surface area (Å²) in [6.45, 7) is 3.67. The number of carbonyl (C=O) groups excluding carboxylic acids is 2. The van der Waals surface area contributed by atoms with E-state index in [0.717, 1.165) is 11.1 Å². The molecule has 2 amide bonds. The number of ether oxygens (including phenoxy) is 1. The first-order chi connectivity index (χ1) is 12.8. The lowest BCUT2D eigenvalue weighted by Crippen LogP contribution is -2.19. The maximum atomic E-state index is 12.1. The summed E-state index contributed by atoms with van der Waals surface area (Å²) in [5.74, 6) is 0.339. The van der Waals surface area contributed by atoms with Crippen molar-refractivity contribution in [2.75, 3.05) is 29.2 Å². The fourth-order valence-corrected chi connectivity index (χ4v) is 3.23. The molecule has 2 aromatic rings. The van der Waals surface area contributed by atoms with Gasteiger partial charge < -0.3 is 15.4 Å². The lowest BCUT2D eigenvalue weighted by Gasteiger charge is -2.12. The number of anilines is 2. The number of rotatable bonds is 7. The van der Waals surface area contributed by atoms with Crippen molar-refractivity contribution in [3.63, 3.8) is 0 Å². The molecule has 5 nitrogen and oxygen atoms in total. The van der Waals surface area contributed by atoms with Crippen molar-refractivity contribution in [3.05, 3.63) is 51.5 Å². The number of carbonyl (C=O) groups is 2. The third kappa shape index (κ3) is 6.06. The number of methoxy groups -OCH3 is 1. The lowest BCUT2D eigenvalue weighted by atomic mass is 10.2. The fourth-order valence-electron chi connectivity index (χ4n) is 2.28. The number of benzene rings is 2. The number of halogens is 2. The molecule has 27 heavy (non-hydrogen) atoms. The first-order valence-electron chi connectivity index (χ1n) is 8.08. The molecule has 2 aromatic carbocycles. The molecular formula is C19H20Cl2N2O3S. The standard InChI is InChI=1S/C19H20Cl2N2O3S/c1-11-7-16(17(26-3)8-14(11)21)23-19(25)10-27-9-18(24)22-15-6-4-5-13(20)12(15)2/h4-8H,9-10H2,1-3H3,(H,22,24)(H,23,25). The van der Waals surface area contributed by atoms with Crippen LogP contribution in [0.25, 0.3) is 0 Å². The number of thioether (sulfide) groups is 1. The molecule has 0 unspecified atom stereocenters. The van der Waals surface area contributed by atoms with Gasteiger partial charge in [-0.1, -0.05) is 29.3 Å². The Kier molecular flexibility index (Phi) is 7.83. The average molecular weight is 427 g/mol. The number of hydrogen-bond acceptors (Lipinski definition) is 4. The highest BCUT2D eigenvalue weighted by Gasteiger charge is 2.12. The lowest BCUT2D eigenvalue weighted by molar-refractivity contribution is -0.114. The molecule has 2 rings (SSSR count). The van der Waals surface area contributed by atoms with Gasteiger partial charge in [0.1, 0.15) is 5.75 Å². The van der Waals surface area contributed by atoms with E-state index < -0.39 is 0 Å². The van der Waals surface area contributed by atoms with Crippen molar-refractivity contribution in [2.45, 2.75) is 13.8 Å². The van der Waals surface area contributed by atoms with Gasteiger partial charge in [-0.15, -0.1) is 11.8 Å². The summed E-state index contributed by atoms with van der Waals surface area (Å²) in [5.41, 5.74) is 2.85. The number of aryl methyl sites for hydroxylation is 1. The molecule has 0 aromatic heterocycles. The van der Waals surface area contributed by atoms with Gasteiger partial charge in [0.15, 0.2) is 0 Å². The molecule has 0 saturated heterocycles. The molecular weight excluding hydrogens is 407 g/mol. The van der Waals surface area contributed by atoms with E-state index >= 15 is 0 Å². The minimum absolute atomic E-state index is 0.132. The van der Waals surface area contributed by atoms with Gasteiger partial charge in [0.25, 0.3) is 0 Å². The maximum absolute atomic E-state index is 12.1. The van der Waals surface area contributed by atoms with Gasteiger partial charge in [0, 0.05) is 21.8 Å². The average Bonchev–Trinajstić information content (AvgIpc) is 2.62. The van der Waals surface area contributed by atoms with Gasteiger partial charge in [-0.05, 0) is 43.2 Å². The van der Waals surface area contributed by atoms with Crippen molar-refractivity contribution in [2.24, 2.45) is 0 Å². The number of hydrogen-bond donors (Lipinski definition) is 2. The molecule has 0 spiro atoms. The fraction of sp³-hybridized carbons (Fsp3) is 0.263. The number of nitrogens with one attached hydrogen (secondary N) is 2. The zero-order valence-electron chi connectivity index (χ0n) is 15.2. The second-order valence-electron chi connectivity index (χ2n) is 5.80. The van der Waals surface area contributed by atoms with Crippen LogP contribution in [0.3, 0.4) is 0 Å². The minimum Gasteiger partial charge on any atom is -0.495 e. The summed E-state index contributed by atoms with van der Waals surface area (Å²) < 4.78 is 5.23. The molecule has 144 valence electrons. The van der Waals surface area contributed by atoms with Crippen molar-refractivity contribution < 1.29 is 14.3 Å². The summed E-state index contributed by atoms with van der Waals surface area (Å²) in [4.78, 5) is 24.2. The topological polar surface area (TPSA) is 67.4 Å². The largest absolute Gasteiger partial charge is 0.495 e. The Bertz CT molecular complexity index is 859. The maximum Gasteiger partial charge on any atom is 0.234 e. The Morgan fingerprint density at radius 2 is 1.63 bits per heavy atom. The van der Waals surface area contributed by atoms with Crippen LogP contribution in [0.5, 0.6) is 5.75 Å². The zero-order valence-corrected chi connectivity index (χ0v) is 17.5. The minimum atomic E-state index is -0.230. The van der Waals surface area contributed by atoms with Gasteiger partial charge in [0.05, 0.1) is 24.3 Å². The second-order valence-corrected chi connectivity index (χ2v) is 7.60. The van der Waals surface area contributed by atoms with Crippen molar-refractivity contribution in [1.82, 2.24) is 0 Å². The zero-order chi connectivity index (χ0) is 20.0. The molecule has 0 aliphatic heterocycles. The molecule has 0 saturated carbocycles. The van der Waals surface area contributed by atoms with E-state index in [1.54, 1.807) is 30.3 Å². The van der Waals surface area contributed by atoms with Gasteiger partial charge in [0.2, 0.25) is 11.8 Å². The molecule has 0 aliphatic carbocycles. The van der Waals surface area contributed by atoms with Crippen LogP contribution in [0.15, 0.2) is 30.3 Å². The van der Waals surface area contributed by atoms with Gasteiger partial charge in [-0.2, -0.15) is 0 Å². The third-order valence-electron chi connectivity index (χ3n) is 3.76. The van der Waals surface area contributed by atoms with Crippen molar-refractivity contribution in [1.29, 1.82) is 0 Å². The highest BCUT2D eigenvalue weighted by atomic mass is 35.5. The molecule has 8 heteroatoms. The normalized spacial score (nSPS) is 10.4. The summed E-state index contributed by atoms with van der Waals surface area (Å²) in [7, 11) is 1.51. The molecule has 0 heterocycles. The Balaban J connectivity index is 1.85. The molecule has 0 aliphatic rings. The van der Waals surface area contributed by atoms with Gasteiger partial charge in [-0.3, -0.25) is 9.59 Å². The second kappa shape index (κ2) is 9.88. The van der Waals surface area contributed by atoms with Crippen LogP contribution >= 0.6 is 35.0 Å². The van der Waals surface area contributed by atoms with E-state index in [4.69, 9.17) is 27.9 Å². The summed E-state index contributed by atoms with van der Waals surface area (Å²) in [5, 5.41) is 6.72. The Morgan fingerprint density at radius 3 is 2.26 bits per heavy atom. The Hall–Kier alpha value is -1.89. The van der Waals surface area contributed by atoms with E-state index in [2.05, 4.69) is 10.6 Å². The van der Waals surface area contributed by atoms with E-state index in [0.29, 0.717) is 27.2 Å². The van der Waals surface area contributed by atoms with Crippen LogP contribution in [0.2, 0.25) is 10.0 Å².